The molecule has 0 bridgehead atoms. The number of hydrogen-bond donors (Lipinski definition) is 1. The van der Waals surface area contributed by atoms with E-state index in [-0.39, 0.29) is 0 Å². The van der Waals surface area contributed by atoms with Gasteiger partial charge in [0.1, 0.15) is 0 Å². The second kappa shape index (κ2) is 8.59. The highest BCUT2D eigenvalue weighted by molar-refractivity contribution is 7.09. The Morgan fingerprint density at radius 1 is 1.39 bits per heavy atom. The van der Waals surface area contributed by atoms with Crippen molar-refractivity contribution in [3.05, 3.63) is 40.8 Å². The molecule has 23 heavy (non-hydrogen) atoms. The van der Waals surface area contributed by atoms with Gasteiger partial charge in [0.05, 0.1) is 25.9 Å². The van der Waals surface area contributed by atoms with E-state index in [1.54, 1.807) is 11.3 Å². The number of aliphatic hydroxyl groups excluding tert-OH is 1. The number of piperidine rings is 1. The van der Waals surface area contributed by atoms with Crippen molar-refractivity contribution in [3.63, 3.8) is 0 Å². The molecule has 6 heteroatoms. The maximum Gasteiger partial charge on any atom is 0.0900 e. The molecular formula is C17H25N3O2S. The first-order valence-electron chi connectivity index (χ1n) is 8.31. The smallest absolute Gasteiger partial charge is 0.0900 e. The average molecular weight is 335 g/mol. The van der Waals surface area contributed by atoms with Gasteiger partial charge in [0.2, 0.25) is 0 Å². The minimum Gasteiger partial charge on any atom is -0.389 e. The van der Waals surface area contributed by atoms with E-state index in [1.165, 1.54) is 24.1 Å². The van der Waals surface area contributed by atoms with E-state index in [0.29, 0.717) is 25.8 Å². The van der Waals surface area contributed by atoms with E-state index in [1.807, 2.05) is 34.6 Å². The summed E-state index contributed by atoms with van der Waals surface area (Å²) in [5.41, 5.74) is 0. The van der Waals surface area contributed by atoms with Gasteiger partial charge in [-0.2, -0.15) is 5.10 Å². The monoisotopic (exact) mass is 335 g/mol. The molecule has 0 radical (unpaired) electrons. The normalized spacial score (nSPS) is 20.7. The Kier molecular flexibility index (Phi) is 6.21. The van der Waals surface area contributed by atoms with E-state index in [2.05, 4.69) is 16.1 Å². The average Bonchev–Trinajstić information content (AvgIpc) is 3.23. The molecular weight excluding hydrogens is 310 g/mol. The molecule has 1 aliphatic rings. The predicted molar refractivity (Wildman–Crippen MR) is 91.4 cm³/mol. The summed E-state index contributed by atoms with van der Waals surface area (Å²) >= 11 is 1.69. The number of thiophene rings is 1. The van der Waals surface area contributed by atoms with Crippen LogP contribution >= 0.6 is 11.3 Å². The summed E-state index contributed by atoms with van der Waals surface area (Å²) in [6.45, 7) is 3.61. The van der Waals surface area contributed by atoms with Gasteiger partial charge in [0.15, 0.2) is 0 Å². The number of aromatic nitrogens is 2. The third-order valence-corrected chi connectivity index (χ3v) is 5.14. The lowest BCUT2D eigenvalue weighted by molar-refractivity contribution is -0.00511. The summed E-state index contributed by atoms with van der Waals surface area (Å²) in [5, 5.41) is 16.6. The largest absolute Gasteiger partial charge is 0.389 e. The second-order valence-electron chi connectivity index (χ2n) is 6.12. The molecule has 0 aliphatic carbocycles. The van der Waals surface area contributed by atoms with Crippen LogP contribution in [0.25, 0.3) is 0 Å². The van der Waals surface area contributed by atoms with Crippen molar-refractivity contribution < 1.29 is 9.84 Å². The third-order valence-electron chi connectivity index (χ3n) is 4.29. The zero-order chi connectivity index (χ0) is 15.9. The number of ether oxygens (including phenoxy) is 1. The number of likely N-dealkylation sites (tertiary alicyclic amines) is 1. The Balaban J connectivity index is 1.44. The molecule has 0 spiro atoms. The molecule has 126 valence electrons. The molecule has 3 rings (SSSR count). The van der Waals surface area contributed by atoms with Crippen LogP contribution in [0.1, 0.15) is 24.1 Å². The van der Waals surface area contributed by atoms with Crippen LogP contribution in [0, 0.1) is 0 Å². The topological polar surface area (TPSA) is 50.5 Å². The first-order valence-corrected chi connectivity index (χ1v) is 9.19. The van der Waals surface area contributed by atoms with E-state index in [0.717, 1.165) is 13.1 Å². The Labute approximate surface area is 141 Å². The zero-order valence-corrected chi connectivity index (χ0v) is 14.2. The summed E-state index contributed by atoms with van der Waals surface area (Å²) in [6.07, 6.45) is 7.02. The third kappa shape index (κ3) is 5.14. The van der Waals surface area contributed by atoms with Crippen LogP contribution in [-0.4, -0.2) is 51.6 Å². The molecule has 2 aromatic heterocycles. The zero-order valence-electron chi connectivity index (χ0n) is 13.4. The highest BCUT2D eigenvalue weighted by Gasteiger charge is 2.24. The Hall–Kier alpha value is -1.21. The summed E-state index contributed by atoms with van der Waals surface area (Å²) in [7, 11) is 0. The molecule has 5 nitrogen and oxygen atoms in total. The van der Waals surface area contributed by atoms with Crippen LogP contribution in [0.3, 0.4) is 0 Å². The van der Waals surface area contributed by atoms with Crippen molar-refractivity contribution in [2.75, 3.05) is 19.7 Å². The van der Waals surface area contributed by atoms with Crippen molar-refractivity contribution in [3.8, 4) is 0 Å². The SMILES string of the molecule is O[C@@H](COCc1cccs1)CN1CCCC[C@H]1Cn1cccn1. The van der Waals surface area contributed by atoms with E-state index in [9.17, 15) is 5.11 Å². The first-order chi connectivity index (χ1) is 11.3. The summed E-state index contributed by atoms with van der Waals surface area (Å²) in [6, 6.07) is 6.49. The number of rotatable bonds is 8. The van der Waals surface area contributed by atoms with Gasteiger partial charge in [-0.05, 0) is 36.9 Å². The predicted octanol–water partition coefficient (Wildman–Crippen LogP) is 2.38. The number of β-amino-alcohol motifs (C(OH)–C–C–N with tert-alkyl or cyclic N) is 1. The van der Waals surface area contributed by atoms with Crippen molar-refractivity contribution in [1.82, 2.24) is 14.7 Å². The summed E-state index contributed by atoms with van der Waals surface area (Å²) < 4.78 is 7.63. The first kappa shape index (κ1) is 16.6. The highest BCUT2D eigenvalue weighted by atomic mass is 32.1. The van der Waals surface area contributed by atoms with Gasteiger partial charge in [-0.1, -0.05) is 12.5 Å². The van der Waals surface area contributed by atoms with E-state index >= 15 is 0 Å². The minimum atomic E-state index is -0.437. The Bertz CT molecular complexity index is 544. The van der Waals surface area contributed by atoms with Crippen molar-refractivity contribution in [2.24, 2.45) is 0 Å². The maximum atomic E-state index is 10.3. The fraction of sp³-hybridized carbons (Fsp3) is 0.588. The second-order valence-corrected chi connectivity index (χ2v) is 7.15. The van der Waals surface area contributed by atoms with E-state index in [4.69, 9.17) is 4.74 Å². The summed E-state index contributed by atoms with van der Waals surface area (Å²) in [4.78, 5) is 3.59. The van der Waals surface area contributed by atoms with Crippen LogP contribution in [0.5, 0.6) is 0 Å². The van der Waals surface area contributed by atoms with Crippen LogP contribution in [-0.2, 0) is 17.9 Å². The minimum absolute atomic E-state index is 0.392. The molecule has 1 aliphatic heterocycles. The lowest BCUT2D eigenvalue weighted by Gasteiger charge is -2.36. The molecule has 0 saturated carbocycles. The highest BCUT2D eigenvalue weighted by Crippen LogP contribution is 2.19. The lowest BCUT2D eigenvalue weighted by atomic mass is 10.0. The van der Waals surface area contributed by atoms with Crippen LogP contribution in [0.2, 0.25) is 0 Å². The number of nitrogens with zero attached hydrogens (tertiary/aromatic N) is 3. The molecule has 0 amide bonds. The summed E-state index contributed by atoms with van der Waals surface area (Å²) in [5.74, 6) is 0. The van der Waals surface area contributed by atoms with Crippen LogP contribution < -0.4 is 0 Å². The molecule has 3 heterocycles. The van der Waals surface area contributed by atoms with Crippen molar-refractivity contribution >= 4 is 11.3 Å². The van der Waals surface area contributed by atoms with Crippen molar-refractivity contribution in [1.29, 1.82) is 0 Å². The quantitative estimate of drug-likeness (QED) is 0.805. The van der Waals surface area contributed by atoms with Gasteiger partial charge >= 0.3 is 0 Å². The van der Waals surface area contributed by atoms with E-state index < -0.39 is 6.10 Å². The van der Waals surface area contributed by atoms with Gasteiger partial charge in [-0.25, -0.2) is 0 Å². The Morgan fingerprint density at radius 3 is 3.13 bits per heavy atom. The number of aliphatic hydroxyl groups is 1. The lowest BCUT2D eigenvalue weighted by Crippen LogP contribution is -2.46. The van der Waals surface area contributed by atoms with Gasteiger partial charge in [-0.3, -0.25) is 9.58 Å². The number of hydrogen-bond acceptors (Lipinski definition) is 5. The molecule has 0 unspecified atom stereocenters. The molecule has 1 N–H and O–H groups in total. The fourth-order valence-electron chi connectivity index (χ4n) is 3.15. The standard InChI is InChI=1S/C17H25N3O2S/c21-16(13-22-14-17-6-3-10-23-17)12-19-8-2-1-5-15(19)11-20-9-4-7-18-20/h3-4,6-7,9-10,15-16,21H,1-2,5,8,11-14H2/t15-,16+/m0/s1. The molecule has 0 aromatic carbocycles. The van der Waals surface area contributed by atoms with Gasteiger partial charge in [0.25, 0.3) is 0 Å². The Morgan fingerprint density at radius 2 is 2.35 bits per heavy atom. The maximum absolute atomic E-state index is 10.3. The fourth-order valence-corrected chi connectivity index (χ4v) is 3.79. The van der Waals surface area contributed by atoms with Crippen LogP contribution in [0.4, 0.5) is 0 Å². The molecule has 1 fully saturated rings. The van der Waals surface area contributed by atoms with Gasteiger partial charge < -0.3 is 9.84 Å². The van der Waals surface area contributed by atoms with Crippen molar-refractivity contribution in [2.45, 2.75) is 44.6 Å². The molecule has 2 aromatic rings. The molecule has 2 atom stereocenters. The molecule has 1 saturated heterocycles. The van der Waals surface area contributed by atoms with Gasteiger partial charge in [-0.15, -0.1) is 11.3 Å². The van der Waals surface area contributed by atoms with Gasteiger partial charge in [0, 0.05) is 29.9 Å². The van der Waals surface area contributed by atoms with Crippen LogP contribution in [0.15, 0.2) is 36.0 Å².